The third kappa shape index (κ3) is 1.37. The topological polar surface area (TPSA) is 3.24 Å². The predicted octanol–water partition coefficient (Wildman–Crippen LogP) is 2.07. The van der Waals surface area contributed by atoms with Gasteiger partial charge in [-0.05, 0) is 6.42 Å². The SMILES string of the molecule is BrCN1C=CCC=C1. The van der Waals surface area contributed by atoms with Crippen LogP contribution in [-0.2, 0) is 0 Å². The summed E-state index contributed by atoms with van der Waals surface area (Å²) in [4.78, 5) is 2.07. The monoisotopic (exact) mass is 173 g/mol. The predicted molar refractivity (Wildman–Crippen MR) is 38.5 cm³/mol. The molecule has 0 radical (unpaired) electrons. The molecule has 0 fully saturated rings. The van der Waals surface area contributed by atoms with Crippen LogP contribution in [0.3, 0.4) is 0 Å². The highest BCUT2D eigenvalue weighted by molar-refractivity contribution is 9.09. The molecule has 8 heavy (non-hydrogen) atoms. The quantitative estimate of drug-likeness (QED) is 0.434. The number of hydrogen-bond acceptors (Lipinski definition) is 1. The van der Waals surface area contributed by atoms with Crippen LogP contribution in [0.5, 0.6) is 0 Å². The molecule has 0 atom stereocenters. The molecule has 0 amide bonds. The van der Waals surface area contributed by atoms with Gasteiger partial charge in [0.15, 0.2) is 0 Å². The first-order chi connectivity index (χ1) is 3.93. The van der Waals surface area contributed by atoms with Crippen LogP contribution in [0.4, 0.5) is 0 Å². The summed E-state index contributed by atoms with van der Waals surface area (Å²) in [5.74, 6) is 0. The van der Waals surface area contributed by atoms with E-state index in [1.165, 1.54) is 0 Å². The average Bonchev–Trinajstić information content (AvgIpc) is 1.90. The largest absolute Gasteiger partial charge is 0.345 e. The van der Waals surface area contributed by atoms with E-state index in [4.69, 9.17) is 0 Å². The summed E-state index contributed by atoms with van der Waals surface area (Å²) in [6, 6.07) is 0. The molecule has 0 spiro atoms. The van der Waals surface area contributed by atoms with Crippen LogP contribution in [-0.4, -0.2) is 10.4 Å². The molecular weight excluding hydrogens is 166 g/mol. The van der Waals surface area contributed by atoms with Gasteiger partial charge in [-0.25, -0.2) is 0 Å². The summed E-state index contributed by atoms with van der Waals surface area (Å²) in [5, 5.41) is 0. The van der Waals surface area contributed by atoms with Crippen LogP contribution >= 0.6 is 15.9 Å². The average molecular weight is 174 g/mol. The van der Waals surface area contributed by atoms with Gasteiger partial charge in [0, 0.05) is 12.4 Å². The molecule has 0 unspecified atom stereocenters. The van der Waals surface area contributed by atoms with Crippen molar-refractivity contribution < 1.29 is 0 Å². The molecule has 0 aliphatic carbocycles. The lowest BCUT2D eigenvalue weighted by molar-refractivity contribution is 0.595. The zero-order valence-corrected chi connectivity index (χ0v) is 6.13. The molecule has 0 N–H and O–H groups in total. The van der Waals surface area contributed by atoms with E-state index in [-0.39, 0.29) is 0 Å². The molecule has 0 saturated heterocycles. The Hall–Kier alpha value is -0.240. The van der Waals surface area contributed by atoms with Gasteiger partial charge < -0.3 is 4.90 Å². The molecule has 1 aliphatic rings. The Labute approximate surface area is 57.8 Å². The first kappa shape index (κ1) is 5.89. The molecule has 1 rings (SSSR count). The van der Waals surface area contributed by atoms with E-state index >= 15 is 0 Å². The standard InChI is InChI=1S/C6H8BrN/c7-6-8-4-2-1-3-5-8/h2-5H,1,6H2. The van der Waals surface area contributed by atoms with Crippen LogP contribution in [0.1, 0.15) is 6.42 Å². The fourth-order valence-corrected chi connectivity index (χ4v) is 0.935. The first-order valence-corrected chi connectivity index (χ1v) is 3.70. The summed E-state index contributed by atoms with van der Waals surface area (Å²) in [5.41, 5.74) is 0.889. The van der Waals surface area contributed by atoms with Crippen molar-refractivity contribution in [2.45, 2.75) is 6.42 Å². The fourth-order valence-electron chi connectivity index (χ4n) is 0.600. The molecule has 1 aliphatic heterocycles. The maximum absolute atomic E-state index is 3.33. The molecule has 0 aromatic rings. The minimum atomic E-state index is 0.889. The number of hydrogen-bond donors (Lipinski definition) is 0. The summed E-state index contributed by atoms with van der Waals surface area (Å²) >= 11 is 3.33. The third-order valence-corrected chi connectivity index (χ3v) is 1.58. The third-order valence-electron chi connectivity index (χ3n) is 1.00. The van der Waals surface area contributed by atoms with Crippen molar-refractivity contribution in [3.05, 3.63) is 24.6 Å². The Balaban J connectivity index is 2.42. The summed E-state index contributed by atoms with van der Waals surface area (Å²) in [7, 11) is 0. The van der Waals surface area contributed by atoms with E-state index < -0.39 is 0 Å². The van der Waals surface area contributed by atoms with E-state index in [0.29, 0.717) is 0 Å². The van der Waals surface area contributed by atoms with Crippen LogP contribution in [0, 0.1) is 0 Å². The smallest absolute Gasteiger partial charge is 0.0773 e. The van der Waals surface area contributed by atoms with Crippen LogP contribution in [0.25, 0.3) is 0 Å². The highest BCUT2D eigenvalue weighted by Crippen LogP contribution is 2.03. The first-order valence-electron chi connectivity index (χ1n) is 2.58. The molecule has 1 nitrogen and oxygen atoms in total. The van der Waals surface area contributed by atoms with Crippen molar-refractivity contribution in [1.82, 2.24) is 4.90 Å². The van der Waals surface area contributed by atoms with Crippen molar-refractivity contribution in [2.24, 2.45) is 0 Å². The molecule has 1 heterocycles. The minimum Gasteiger partial charge on any atom is -0.345 e. The minimum absolute atomic E-state index is 0.889. The second kappa shape index (κ2) is 2.92. The van der Waals surface area contributed by atoms with Crippen LogP contribution < -0.4 is 0 Å². The van der Waals surface area contributed by atoms with Crippen molar-refractivity contribution >= 4 is 15.9 Å². The Bertz CT molecular complexity index is 106. The molecule has 44 valence electrons. The highest BCUT2D eigenvalue weighted by Gasteiger charge is 1.90. The number of nitrogens with zero attached hydrogens (tertiary/aromatic N) is 1. The summed E-state index contributed by atoms with van der Waals surface area (Å²) in [6.07, 6.45) is 9.45. The summed E-state index contributed by atoms with van der Waals surface area (Å²) < 4.78 is 0. The van der Waals surface area contributed by atoms with E-state index in [1.54, 1.807) is 0 Å². The molecule has 0 aromatic carbocycles. The number of alkyl halides is 1. The van der Waals surface area contributed by atoms with Gasteiger partial charge in [0.05, 0.1) is 5.45 Å². The Morgan fingerprint density at radius 2 is 2.00 bits per heavy atom. The Morgan fingerprint density at radius 3 is 2.38 bits per heavy atom. The van der Waals surface area contributed by atoms with E-state index in [2.05, 4.69) is 45.4 Å². The van der Waals surface area contributed by atoms with Gasteiger partial charge in [-0.3, -0.25) is 0 Å². The molecule has 0 bridgehead atoms. The molecule has 0 aromatic heterocycles. The van der Waals surface area contributed by atoms with Gasteiger partial charge >= 0.3 is 0 Å². The van der Waals surface area contributed by atoms with Gasteiger partial charge in [0.1, 0.15) is 0 Å². The maximum Gasteiger partial charge on any atom is 0.0773 e. The molecular formula is C6H8BrN. The fraction of sp³-hybridized carbons (Fsp3) is 0.333. The van der Waals surface area contributed by atoms with Gasteiger partial charge in [-0.1, -0.05) is 28.1 Å². The Kier molecular flexibility index (Phi) is 2.15. The van der Waals surface area contributed by atoms with Crippen molar-refractivity contribution in [3.63, 3.8) is 0 Å². The molecule has 0 saturated carbocycles. The van der Waals surface area contributed by atoms with Gasteiger partial charge in [-0.15, -0.1) is 0 Å². The lowest BCUT2D eigenvalue weighted by atomic mass is 10.3. The van der Waals surface area contributed by atoms with Gasteiger partial charge in [0.2, 0.25) is 0 Å². The van der Waals surface area contributed by atoms with Crippen molar-refractivity contribution in [3.8, 4) is 0 Å². The highest BCUT2D eigenvalue weighted by atomic mass is 79.9. The van der Waals surface area contributed by atoms with Gasteiger partial charge in [0.25, 0.3) is 0 Å². The summed E-state index contributed by atoms with van der Waals surface area (Å²) in [6.45, 7) is 0. The van der Waals surface area contributed by atoms with E-state index in [1.807, 2.05) is 0 Å². The van der Waals surface area contributed by atoms with E-state index in [9.17, 15) is 0 Å². The zero-order valence-electron chi connectivity index (χ0n) is 4.55. The number of allylic oxidation sites excluding steroid dienone is 2. The maximum atomic E-state index is 3.33. The zero-order chi connectivity index (χ0) is 5.82. The van der Waals surface area contributed by atoms with Crippen molar-refractivity contribution in [1.29, 1.82) is 0 Å². The lowest BCUT2D eigenvalue weighted by Crippen LogP contribution is -2.06. The second-order valence-corrected chi connectivity index (χ2v) is 2.14. The van der Waals surface area contributed by atoms with Crippen LogP contribution in [0.2, 0.25) is 0 Å². The Morgan fingerprint density at radius 1 is 1.38 bits per heavy atom. The van der Waals surface area contributed by atoms with Crippen LogP contribution in [0.15, 0.2) is 24.6 Å². The second-order valence-electron chi connectivity index (χ2n) is 1.64. The van der Waals surface area contributed by atoms with Crippen molar-refractivity contribution in [2.75, 3.05) is 5.45 Å². The number of rotatable bonds is 1. The molecule has 2 heteroatoms. The van der Waals surface area contributed by atoms with E-state index in [0.717, 1.165) is 11.9 Å². The normalized spacial score (nSPS) is 17.4. The number of halogens is 1. The van der Waals surface area contributed by atoms with Gasteiger partial charge in [-0.2, -0.15) is 0 Å². The lowest BCUT2D eigenvalue weighted by Gasteiger charge is -2.12.